The first-order valence-corrected chi connectivity index (χ1v) is 10.5. The van der Waals surface area contributed by atoms with E-state index in [2.05, 4.69) is 21.2 Å². The van der Waals surface area contributed by atoms with Gasteiger partial charge < -0.3 is 14.8 Å². The Morgan fingerprint density at radius 3 is 2.55 bits per heavy atom. The number of anilines is 1. The highest BCUT2D eigenvalue weighted by Crippen LogP contribution is 2.34. The predicted octanol–water partition coefficient (Wildman–Crippen LogP) is 3.15. The van der Waals surface area contributed by atoms with Crippen molar-refractivity contribution in [2.45, 2.75) is 18.5 Å². The van der Waals surface area contributed by atoms with Gasteiger partial charge in [-0.3, -0.25) is 4.79 Å². The van der Waals surface area contributed by atoms with E-state index in [0.29, 0.717) is 16.4 Å². The van der Waals surface area contributed by atoms with Gasteiger partial charge in [0.05, 0.1) is 25.1 Å². The molecule has 9 heteroatoms. The third-order valence-corrected chi connectivity index (χ3v) is 6.03. The van der Waals surface area contributed by atoms with Crippen molar-refractivity contribution in [3.63, 3.8) is 0 Å². The Labute approximate surface area is 183 Å². The van der Waals surface area contributed by atoms with Crippen LogP contribution in [0.2, 0.25) is 0 Å². The minimum atomic E-state index is -0.549. The molecule has 3 N–H and O–H groups in total. The highest BCUT2D eigenvalue weighted by atomic mass is 32.1. The standard InChI is InChI=1S/C22H22N4O4S/c1-29-17-11-7-6-10-14(17)15-12-16(26-25-15)20(27)24-22-23-18(21(28)30-2)19(31-22)13-8-4-3-5-9-13/h3-11,15-16,25-26H,12H2,1-2H3,(H,23,24,27). The van der Waals surface area contributed by atoms with Gasteiger partial charge >= 0.3 is 5.97 Å². The third-order valence-electron chi connectivity index (χ3n) is 5.01. The van der Waals surface area contributed by atoms with Crippen molar-refractivity contribution < 1.29 is 19.1 Å². The number of aromatic nitrogens is 1. The summed E-state index contributed by atoms with van der Waals surface area (Å²) < 4.78 is 10.3. The summed E-state index contributed by atoms with van der Waals surface area (Å²) in [5.41, 5.74) is 8.17. The maximum Gasteiger partial charge on any atom is 0.358 e. The Balaban J connectivity index is 1.50. The van der Waals surface area contributed by atoms with Gasteiger partial charge in [0.25, 0.3) is 0 Å². The lowest BCUT2D eigenvalue weighted by atomic mass is 10.0. The van der Waals surface area contributed by atoms with E-state index in [1.165, 1.54) is 18.4 Å². The summed E-state index contributed by atoms with van der Waals surface area (Å²) in [6.07, 6.45) is 0.535. The topological polar surface area (TPSA) is 102 Å². The quantitative estimate of drug-likeness (QED) is 0.508. The summed E-state index contributed by atoms with van der Waals surface area (Å²) in [4.78, 5) is 30.0. The van der Waals surface area contributed by atoms with E-state index in [1.807, 2.05) is 54.6 Å². The number of para-hydroxylation sites is 1. The minimum absolute atomic E-state index is 0.0753. The lowest BCUT2D eigenvalue weighted by molar-refractivity contribution is -0.117. The zero-order valence-electron chi connectivity index (χ0n) is 17.0. The van der Waals surface area contributed by atoms with Crippen LogP contribution in [-0.4, -0.2) is 37.1 Å². The van der Waals surface area contributed by atoms with Gasteiger partial charge in [-0.15, -0.1) is 0 Å². The van der Waals surface area contributed by atoms with Gasteiger partial charge in [0.15, 0.2) is 10.8 Å². The summed E-state index contributed by atoms with van der Waals surface area (Å²) in [7, 11) is 2.93. The number of ether oxygens (including phenoxy) is 2. The first-order valence-electron chi connectivity index (χ1n) is 9.70. The van der Waals surface area contributed by atoms with Crippen LogP contribution in [0, 0.1) is 0 Å². The third kappa shape index (κ3) is 4.43. The second kappa shape index (κ2) is 9.25. The van der Waals surface area contributed by atoms with E-state index in [9.17, 15) is 9.59 Å². The van der Waals surface area contributed by atoms with Crippen molar-refractivity contribution in [2.24, 2.45) is 0 Å². The van der Waals surface area contributed by atoms with E-state index < -0.39 is 12.0 Å². The van der Waals surface area contributed by atoms with Crippen molar-refractivity contribution in [3.05, 3.63) is 65.9 Å². The van der Waals surface area contributed by atoms with Crippen LogP contribution in [-0.2, 0) is 9.53 Å². The molecule has 160 valence electrons. The second-order valence-corrected chi connectivity index (χ2v) is 7.91. The molecule has 3 aromatic rings. The number of esters is 1. The maximum absolute atomic E-state index is 12.8. The lowest BCUT2D eigenvalue weighted by Crippen LogP contribution is -2.39. The Hall–Kier alpha value is -3.27. The predicted molar refractivity (Wildman–Crippen MR) is 118 cm³/mol. The van der Waals surface area contributed by atoms with Gasteiger partial charge in [-0.2, -0.15) is 0 Å². The Kier molecular flexibility index (Phi) is 6.26. The Morgan fingerprint density at radius 2 is 1.81 bits per heavy atom. The van der Waals surface area contributed by atoms with E-state index in [-0.39, 0.29) is 17.6 Å². The molecule has 1 aromatic heterocycles. The number of benzene rings is 2. The van der Waals surface area contributed by atoms with Crippen molar-refractivity contribution in [1.29, 1.82) is 0 Å². The fraction of sp³-hybridized carbons (Fsp3) is 0.227. The van der Waals surface area contributed by atoms with E-state index in [1.54, 1.807) is 7.11 Å². The van der Waals surface area contributed by atoms with Crippen LogP contribution in [0.25, 0.3) is 10.4 Å². The molecule has 1 amide bonds. The largest absolute Gasteiger partial charge is 0.496 e. The van der Waals surface area contributed by atoms with Crippen LogP contribution in [0.1, 0.15) is 28.5 Å². The van der Waals surface area contributed by atoms with Gasteiger partial charge in [-0.05, 0) is 18.1 Å². The van der Waals surface area contributed by atoms with Crippen LogP contribution < -0.4 is 20.9 Å². The molecule has 0 spiro atoms. The number of nitrogens with zero attached hydrogens (tertiary/aromatic N) is 1. The summed E-state index contributed by atoms with van der Waals surface area (Å²) in [5.74, 6) is -0.0276. The number of methoxy groups -OCH3 is 2. The molecule has 0 radical (unpaired) electrons. The molecule has 0 saturated carbocycles. The number of rotatable bonds is 6. The van der Waals surface area contributed by atoms with Gasteiger partial charge in [0.1, 0.15) is 11.8 Å². The maximum atomic E-state index is 12.8. The molecule has 2 heterocycles. The first-order chi connectivity index (χ1) is 15.1. The molecule has 1 fully saturated rings. The second-order valence-electron chi connectivity index (χ2n) is 6.92. The molecule has 2 aromatic carbocycles. The van der Waals surface area contributed by atoms with E-state index in [4.69, 9.17) is 9.47 Å². The SMILES string of the molecule is COC(=O)c1nc(NC(=O)C2CC(c3ccccc3OC)NN2)sc1-c1ccccc1. The van der Waals surface area contributed by atoms with Crippen LogP contribution in [0.15, 0.2) is 54.6 Å². The summed E-state index contributed by atoms with van der Waals surface area (Å²) >= 11 is 1.23. The van der Waals surface area contributed by atoms with Crippen LogP contribution in [0.5, 0.6) is 5.75 Å². The monoisotopic (exact) mass is 438 g/mol. The molecule has 8 nitrogen and oxygen atoms in total. The highest BCUT2D eigenvalue weighted by molar-refractivity contribution is 7.19. The van der Waals surface area contributed by atoms with Gasteiger partial charge in [-0.1, -0.05) is 59.9 Å². The number of hydrogen-bond donors (Lipinski definition) is 3. The lowest BCUT2D eigenvalue weighted by Gasteiger charge is -2.13. The molecule has 4 rings (SSSR count). The van der Waals surface area contributed by atoms with Crippen molar-refractivity contribution in [2.75, 3.05) is 19.5 Å². The number of carbonyl (C=O) groups excluding carboxylic acids is 2. The smallest absolute Gasteiger partial charge is 0.358 e. The zero-order valence-corrected chi connectivity index (χ0v) is 17.9. The number of hydrazine groups is 1. The molecule has 1 aliphatic heterocycles. The van der Waals surface area contributed by atoms with E-state index >= 15 is 0 Å². The summed E-state index contributed by atoms with van der Waals surface area (Å²) in [5, 5.41) is 3.16. The number of thiazole rings is 1. The van der Waals surface area contributed by atoms with Gasteiger partial charge in [-0.25, -0.2) is 20.6 Å². The molecule has 0 bridgehead atoms. The normalized spacial score (nSPS) is 17.9. The zero-order chi connectivity index (χ0) is 21.8. The average Bonchev–Trinajstić information content (AvgIpc) is 3.47. The fourth-order valence-electron chi connectivity index (χ4n) is 3.47. The van der Waals surface area contributed by atoms with Crippen molar-refractivity contribution in [1.82, 2.24) is 15.8 Å². The average molecular weight is 439 g/mol. The molecule has 1 saturated heterocycles. The summed E-state index contributed by atoms with van der Waals surface area (Å²) in [6, 6.07) is 16.5. The van der Waals surface area contributed by atoms with Crippen molar-refractivity contribution in [3.8, 4) is 16.2 Å². The first kappa shape index (κ1) is 21.0. The van der Waals surface area contributed by atoms with E-state index in [0.717, 1.165) is 16.9 Å². The van der Waals surface area contributed by atoms with Crippen LogP contribution in [0.3, 0.4) is 0 Å². The number of nitrogens with one attached hydrogen (secondary N) is 3. The van der Waals surface area contributed by atoms with Crippen LogP contribution in [0.4, 0.5) is 5.13 Å². The van der Waals surface area contributed by atoms with Crippen molar-refractivity contribution >= 4 is 28.3 Å². The molecule has 2 unspecified atom stereocenters. The fourth-order valence-corrected chi connectivity index (χ4v) is 4.43. The highest BCUT2D eigenvalue weighted by Gasteiger charge is 2.32. The van der Waals surface area contributed by atoms with Crippen LogP contribution >= 0.6 is 11.3 Å². The molecule has 0 aliphatic carbocycles. The number of amides is 1. The Bertz CT molecular complexity index is 1090. The Morgan fingerprint density at radius 1 is 1.06 bits per heavy atom. The minimum Gasteiger partial charge on any atom is -0.496 e. The molecule has 2 atom stereocenters. The molecule has 31 heavy (non-hydrogen) atoms. The molecule has 1 aliphatic rings. The van der Waals surface area contributed by atoms with Gasteiger partial charge in [0.2, 0.25) is 5.91 Å². The van der Waals surface area contributed by atoms with Gasteiger partial charge in [0, 0.05) is 5.56 Å². The number of hydrogen-bond acceptors (Lipinski definition) is 8. The number of carbonyl (C=O) groups is 2. The summed E-state index contributed by atoms with van der Waals surface area (Å²) in [6.45, 7) is 0. The molecular formula is C22H22N4O4S. The molecular weight excluding hydrogens is 416 g/mol.